The number of fused-ring (bicyclic) bond motifs is 5. The molecule has 3 amide bonds. The van der Waals surface area contributed by atoms with Crippen molar-refractivity contribution in [3.05, 3.63) is 95.2 Å². The number of nitrogens with zero attached hydrogens (tertiary/aromatic N) is 1. The standard InChI is InChI=1S/C30H26N4O3/c1-16-10-12-19(13-11-16)34-27(35)24-23(14-18-15-31-22-9-4-3-7-20(18)22)33-30(25(24)28(34)36)21-8-5-6-17(2)26(21)32-29(30)37/h3-13,15,23-25,31,33H,14H2,1-2H3,(H,32,37)/t23-,24-,25+,30+/m1/s1. The topological polar surface area (TPSA) is 94.3 Å². The number of carbonyl (C=O) groups is 3. The third kappa shape index (κ3) is 2.89. The zero-order valence-corrected chi connectivity index (χ0v) is 20.5. The first-order valence-electron chi connectivity index (χ1n) is 12.6. The van der Waals surface area contributed by atoms with Gasteiger partial charge in [0.25, 0.3) is 0 Å². The van der Waals surface area contributed by atoms with Gasteiger partial charge in [0, 0.05) is 34.4 Å². The Morgan fingerprint density at radius 1 is 0.892 bits per heavy atom. The molecule has 3 aliphatic rings. The van der Waals surface area contributed by atoms with Crippen LogP contribution in [0.1, 0.15) is 22.3 Å². The maximum Gasteiger partial charge on any atom is 0.250 e. The van der Waals surface area contributed by atoms with E-state index < -0.39 is 23.4 Å². The van der Waals surface area contributed by atoms with Gasteiger partial charge in [0.15, 0.2) is 0 Å². The van der Waals surface area contributed by atoms with Gasteiger partial charge < -0.3 is 10.3 Å². The number of benzene rings is 3. The first kappa shape index (κ1) is 22.0. The molecule has 0 saturated carbocycles. The molecule has 1 spiro atoms. The number of aryl methyl sites for hydroxylation is 2. The lowest BCUT2D eigenvalue weighted by Crippen LogP contribution is -2.53. The quantitative estimate of drug-likeness (QED) is 0.379. The van der Waals surface area contributed by atoms with Crippen LogP contribution >= 0.6 is 0 Å². The predicted molar refractivity (Wildman–Crippen MR) is 141 cm³/mol. The molecule has 2 fully saturated rings. The fourth-order valence-corrected chi connectivity index (χ4v) is 6.64. The number of carbonyl (C=O) groups excluding carboxylic acids is 3. The van der Waals surface area contributed by atoms with Crippen LogP contribution in [0.5, 0.6) is 0 Å². The fourth-order valence-electron chi connectivity index (χ4n) is 6.64. The Labute approximate surface area is 213 Å². The number of amides is 3. The van der Waals surface area contributed by atoms with Crippen LogP contribution in [0, 0.1) is 25.7 Å². The van der Waals surface area contributed by atoms with Crippen molar-refractivity contribution in [2.45, 2.75) is 31.8 Å². The van der Waals surface area contributed by atoms with Gasteiger partial charge in [0.05, 0.1) is 17.5 Å². The van der Waals surface area contributed by atoms with Crippen LogP contribution in [0.25, 0.3) is 10.9 Å². The lowest BCUT2D eigenvalue weighted by Gasteiger charge is -2.29. The summed E-state index contributed by atoms with van der Waals surface area (Å²) in [5.41, 5.74) is 4.71. The maximum absolute atomic E-state index is 14.1. The highest BCUT2D eigenvalue weighted by molar-refractivity contribution is 6.26. The van der Waals surface area contributed by atoms with Gasteiger partial charge in [-0.15, -0.1) is 0 Å². The van der Waals surface area contributed by atoms with Gasteiger partial charge in [-0.25, -0.2) is 4.90 Å². The molecule has 0 radical (unpaired) electrons. The van der Waals surface area contributed by atoms with Crippen molar-refractivity contribution >= 4 is 40.0 Å². The Bertz CT molecular complexity index is 1620. The molecule has 3 N–H and O–H groups in total. The second-order valence-corrected chi connectivity index (χ2v) is 10.4. The van der Waals surface area contributed by atoms with E-state index in [0.717, 1.165) is 38.8 Å². The normalized spacial score (nSPS) is 26.3. The number of anilines is 2. The molecule has 4 aromatic rings. The third-order valence-corrected chi connectivity index (χ3v) is 8.37. The molecule has 4 atom stereocenters. The minimum Gasteiger partial charge on any atom is -0.361 e. The Kier molecular flexibility index (Phi) is 4.54. The van der Waals surface area contributed by atoms with Crippen molar-refractivity contribution in [3.8, 4) is 0 Å². The van der Waals surface area contributed by atoms with Gasteiger partial charge in [0.1, 0.15) is 5.54 Å². The van der Waals surface area contributed by atoms with Gasteiger partial charge in [-0.3, -0.25) is 19.7 Å². The van der Waals surface area contributed by atoms with Crippen LogP contribution in [0.2, 0.25) is 0 Å². The number of aromatic nitrogens is 1. The SMILES string of the molecule is Cc1ccc(N2C(=O)[C@H]3[C@@H](C2=O)[C@]2(N[C@@H]3Cc3c[nH]c4ccccc34)C(=O)Nc3c(C)cccc32)cc1. The first-order valence-corrected chi connectivity index (χ1v) is 12.6. The predicted octanol–water partition coefficient (Wildman–Crippen LogP) is 3.95. The van der Waals surface area contributed by atoms with Crippen LogP contribution in [-0.4, -0.2) is 28.7 Å². The van der Waals surface area contributed by atoms with Crippen LogP contribution in [0.3, 0.4) is 0 Å². The average molecular weight is 491 g/mol. The van der Waals surface area contributed by atoms with Crippen molar-refractivity contribution in [1.82, 2.24) is 10.3 Å². The number of H-pyrrole nitrogens is 1. The summed E-state index contributed by atoms with van der Waals surface area (Å²) in [5.74, 6) is -2.40. The molecule has 7 rings (SSSR count). The average Bonchev–Trinajstić information content (AvgIpc) is 3.60. The monoisotopic (exact) mass is 490 g/mol. The largest absolute Gasteiger partial charge is 0.361 e. The minimum absolute atomic E-state index is 0.262. The van der Waals surface area contributed by atoms with E-state index in [1.807, 2.05) is 74.6 Å². The second-order valence-electron chi connectivity index (χ2n) is 10.4. The van der Waals surface area contributed by atoms with E-state index >= 15 is 0 Å². The van der Waals surface area contributed by atoms with Crippen LogP contribution < -0.4 is 15.5 Å². The molecule has 7 nitrogen and oxygen atoms in total. The summed E-state index contributed by atoms with van der Waals surface area (Å²) in [6, 6.07) is 20.7. The van der Waals surface area contributed by atoms with Crippen molar-refractivity contribution in [2.75, 3.05) is 10.2 Å². The van der Waals surface area contributed by atoms with Crippen molar-refractivity contribution in [1.29, 1.82) is 0 Å². The van der Waals surface area contributed by atoms with Crippen molar-refractivity contribution < 1.29 is 14.4 Å². The van der Waals surface area contributed by atoms with Crippen LogP contribution in [0.4, 0.5) is 11.4 Å². The minimum atomic E-state index is -1.31. The van der Waals surface area contributed by atoms with E-state index in [9.17, 15) is 14.4 Å². The molecule has 0 bridgehead atoms. The second kappa shape index (κ2) is 7.63. The number of hydrogen-bond donors (Lipinski definition) is 3. The summed E-state index contributed by atoms with van der Waals surface area (Å²) in [7, 11) is 0. The first-order chi connectivity index (χ1) is 17.9. The van der Waals surface area contributed by atoms with E-state index in [0.29, 0.717) is 12.1 Å². The number of para-hydroxylation sites is 2. The van der Waals surface area contributed by atoms with Crippen LogP contribution in [-0.2, 0) is 26.3 Å². The molecule has 7 heteroatoms. The van der Waals surface area contributed by atoms with Crippen molar-refractivity contribution in [3.63, 3.8) is 0 Å². The lowest BCUT2D eigenvalue weighted by molar-refractivity contribution is -0.130. The fraction of sp³-hybridized carbons (Fsp3) is 0.233. The molecule has 2 saturated heterocycles. The highest BCUT2D eigenvalue weighted by Crippen LogP contribution is 2.54. The number of aromatic amines is 1. The van der Waals surface area contributed by atoms with Gasteiger partial charge in [-0.1, -0.05) is 54.1 Å². The zero-order chi connectivity index (χ0) is 25.5. The van der Waals surface area contributed by atoms with E-state index in [-0.39, 0.29) is 17.7 Å². The third-order valence-electron chi connectivity index (χ3n) is 8.37. The van der Waals surface area contributed by atoms with Gasteiger partial charge in [0.2, 0.25) is 17.7 Å². The highest BCUT2D eigenvalue weighted by atomic mass is 16.2. The Morgan fingerprint density at radius 3 is 2.49 bits per heavy atom. The lowest BCUT2D eigenvalue weighted by atomic mass is 9.76. The smallest absolute Gasteiger partial charge is 0.250 e. The van der Waals surface area contributed by atoms with Crippen LogP contribution in [0.15, 0.2) is 72.9 Å². The molecule has 0 aliphatic carbocycles. The summed E-state index contributed by atoms with van der Waals surface area (Å²) in [6.07, 6.45) is 2.46. The number of rotatable bonds is 3. The highest BCUT2D eigenvalue weighted by Gasteiger charge is 2.70. The molecular weight excluding hydrogens is 464 g/mol. The Balaban J connectivity index is 1.39. The maximum atomic E-state index is 14.1. The summed E-state index contributed by atoms with van der Waals surface area (Å²) in [5, 5.41) is 7.65. The van der Waals surface area contributed by atoms with Gasteiger partial charge in [-0.2, -0.15) is 0 Å². The Hall–Kier alpha value is -4.23. The van der Waals surface area contributed by atoms with E-state index in [1.54, 1.807) is 12.1 Å². The Morgan fingerprint density at radius 2 is 1.68 bits per heavy atom. The number of hydrogen-bond acceptors (Lipinski definition) is 4. The van der Waals surface area contributed by atoms with E-state index in [2.05, 4.69) is 15.6 Å². The molecule has 1 aromatic heterocycles. The van der Waals surface area contributed by atoms with E-state index in [4.69, 9.17) is 0 Å². The summed E-state index contributed by atoms with van der Waals surface area (Å²) in [6.45, 7) is 3.90. The van der Waals surface area contributed by atoms with Gasteiger partial charge in [-0.05, 0) is 49.6 Å². The molecule has 3 aliphatic heterocycles. The van der Waals surface area contributed by atoms with Crippen molar-refractivity contribution in [2.24, 2.45) is 11.8 Å². The van der Waals surface area contributed by atoms with E-state index in [1.165, 1.54) is 4.90 Å². The zero-order valence-electron chi connectivity index (χ0n) is 20.5. The molecule has 37 heavy (non-hydrogen) atoms. The molecule has 3 aromatic carbocycles. The number of imide groups is 1. The summed E-state index contributed by atoms with van der Waals surface area (Å²) in [4.78, 5) is 46.5. The van der Waals surface area contributed by atoms with Gasteiger partial charge >= 0.3 is 0 Å². The molecule has 4 heterocycles. The molecule has 0 unspecified atom stereocenters. The molecular formula is C30H26N4O3. The number of nitrogens with one attached hydrogen (secondary N) is 3. The summed E-state index contributed by atoms with van der Waals surface area (Å²) < 4.78 is 0. The molecule has 184 valence electrons. The summed E-state index contributed by atoms with van der Waals surface area (Å²) >= 11 is 0.